The highest BCUT2D eigenvalue weighted by atomic mass is 35.5. The molecule has 0 aliphatic carbocycles. The van der Waals surface area contributed by atoms with E-state index in [1.54, 1.807) is 19.9 Å². The van der Waals surface area contributed by atoms with Crippen molar-refractivity contribution in [1.29, 1.82) is 0 Å². The third-order valence-corrected chi connectivity index (χ3v) is 9.04. The van der Waals surface area contributed by atoms with Gasteiger partial charge in [-0.2, -0.15) is 0 Å². The molecule has 2 N–H and O–H groups in total. The van der Waals surface area contributed by atoms with Crippen LogP contribution in [0.1, 0.15) is 83.8 Å². The first-order valence-electron chi connectivity index (χ1n) is 12.9. The van der Waals surface area contributed by atoms with Crippen molar-refractivity contribution in [2.24, 2.45) is 17.3 Å². The molecule has 0 spiro atoms. The number of esters is 1. The van der Waals surface area contributed by atoms with Gasteiger partial charge in [0.1, 0.15) is 11.9 Å². The van der Waals surface area contributed by atoms with Crippen LogP contribution < -0.4 is 0 Å². The van der Waals surface area contributed by atoms with Gasteiger partial charge in [-0.05, 0) is 45.1 Å². The number of rotatable bonds is 3. The number of hydrogen-bond donors (Lipinski definition) is 2. The van der Waals surface area contributed by atoms with Gasteiger partial charge in [0.15, 0.2) is 0 Å². The maximum Gasteiger partial charge on any atom is 0.309 e. The number of ether oxygens (including phenoxy) is 2. The molecular weight excluding hydrogens is 502 g/mol. The minimum atomic E-state index is -1.27. The number of halogens is 1. The van der Waals surface area contributed by atoms with Gasteiger partial charge in [0, 0.05) is 17.7 Å². The Morgan fingerprint density at radius 2 is 2.00 bits per heavy atom. The second-order valence-electron chi connectivity index (χ2n) is 11.1. The molecule has 0 radical (unpaired) electrons. The molecule has 2 aliphatic rings. The molecule has 0 amide bonds. The number of aliphatic hydroxyl groups is 2. The van der Waals surface area contributed by atoms with Crippen LogP contribution in [-0.4, -0.2) is 57.0 Å². The number of epoxide rings is 1. The summed E-state index contributed by atoms with van der Waals surface area (Å²) in [6.07, 6.45) is 1.56. The zero-order valence-corrected chi connectivity index (χ0v) is 23.7. The Hall–Kier alpha value is -1.32. The number of thiazole rings is 1. The number of cyclic esters (lactones) is 1. The molecule has 7 atom stereocenters. The molecule has 1 aromatic heterocycles. The van der Waals surface area contributed by atoms with Crippen LogP contribution in [0.2, 0.25) is 0 Å². The highest BCUT2D eigenvalue weighted by molar-refractivity contribution is 7.09. The summed E-state index contributed by atoms with van der Waals surface area (Å²) < 4.78 is 11.8. The number of Topliss-reactive ketones (excluding diaryl/α,β-unsaturated/α-hetero) is 1. The van der Waals surface area contributed by atoms with Gasteiger partial charge >= 0.3 is 5.97 Å². The predicted octanol–water partition coefficient (Wildman–Crippen LogP) is 5.04. The average Bonchev–Trinajstić information content (AvgIpc) is 3.24. The predicted molar refractivity (Wildman–Crippen MR) is 141 cm³/mol. The summed E-state index contributed by atoms with van der Waals surface area (Å²) in [6, 6.07) is 0. The van der Waals surface area contributed by atoms with Crippen LogP contribution in [0.25, 0.3) is 6.08 Å². The number of ketones is 1. The fraction of sp³-hybridized carbons (Fsp3) is 0.741. The fourth-order valence-corrected chi connectivity index (χ4v) is 5.90. The van der Waals surface area contributed by atoms with Crippen molar-refractivity contribution in [3.8, 4) is 0 Å². The Bertz CT molecular complexity index is 977. The van der Waals surface area contributed by atoms with Gasteiger partial charge in [-0.25, -0.2) is 4.98 Å². The van der Waals surface area contributed by atoms with Crippen LogP contribution in [-0.2, 0) is 19.1 Å². The highest BCUT2D eigenvalue weighted by Crippen LogP contribution is 2.45. The number of carbonyl (C=O) groups excluding carboxylic acids is 2. The second kappa shape index (κ2) is 11.6. The fourth-order valence-electron chi connectivity index (χ4n) is 5.09. The quantitative estimate of drug-likeness (QED) is 0.407. The Labute approximate surface area is 223 Å². The molecule has 2 saturated heterocycles. The molecule has 0 saturated carbocycles. The molecule has 1 aromatic rings. The number of aryl methyl sites for hydroxylation is 1. The molecule has 2 fully saturated rings. The van der Waals surface area contributed by atoms with Crippen molar-refractivity contribution in [2.45, 2.75) is 110 Å². The van der Waals surface area contributed by atoms with Crippen molar-refractivity contribution < 1.29 is 29.3 Å². The molecule has 3 rings (SSSR count). The summed E-state index contributed by atoms with van der Waals surface area (Å²) in [5.74, 6) is -1.61. The van der Waals surface area contributed by atoms with E-state index in [4.69, 9.17) is 21.1 Å². The van der Waals surface area contributed by atoms with Gasteiger partial charge in [-0.3, -0.25) is 9.59 Å². The molecule has 3 heterocycles. The molecule has 2 aliphatic heterocycles. The minimum absolute atomic E-state index is 0.0859. The van der Waals surface area contributed by atoms with E-state index in [1.165, 1.54) is 11.3 Å². The summed E-state index contributed by atoms with van der Waals surface area (Å²) in [7, 11) is 0. The molecule has 9 heteroatoms. The van der Waals surface area contributed by atoms with Crippen LogP contribution in [0.4, 0.5) is 0 Å². The van der Waals surface area contributed by atoms with Crippen molar-refractivity contribution in [3.63, 3.8) is 0 Å². The average molecular weight is 542 g/mol. The zero-order chi connectivity index (χ0) is 26.8. The van der Waals surface area contributed by atoms with Gasteiger partial charge in [-0.1, -0.05) is 45.7 Å². The van der Waals surface area contributed by atoms with E-state index in [9.17, 15) is 19.8 Å². The van der Waals surface area contributed by atoms with E-state index in [2.05, 4.69) is 4.98 Å². The Balaban J connectivity index is 1.87. The van der Waals surface area contributed by atoms with Crippen molar-refractivity contribution in [2.75, 3.05) is 0 Å². The lowest BCUT2D eigenvalue weighted by Gasteiger charge is -2.35. The van der Waals surface area contributed by atoms with Gasteiger partial charge in [-0.15, -0.1) is 11.3 Å². The summed E-state index contributed by atoms with van der Waals surface area (Å²) in [5.41, 5.74) is -0.902. The summed E-state index contributed by atoms with van der Waals surface area (Å²) >= 11 is 8.14. The van der Waals surface area contributed by atoms with Gasteiger partial charge in [0.05, 0.1) is 51.5 Å². The molecule has 36 heavy (non-hydrogen) atoms. The molecule has 0 bridgehead atoms. The topological polar surface area (TPSA) is 109 Å². The van der Waals surface area contributed by atoms with Gasteiger partial charge < -0.3 is 19.7 Å². The number of hydrogen-bond acceptors (Lipinski definition) is 8. The Morgan fingerprint density at radius 1 is 1.31 bits per heavy atom. The maximum atomic E-state index is 13.4. The third-order valence-electron chi connectivity index (χ3n) is 7.90. The number of carbonyl (C=O) groups is 2. The monoisotopic (exact) mass is 541 g/mol. The first kappa shape index (κ1) is 29.2. The summed E-state index contributed by atoms with van der Waals surface area (Å²) in [4.78, 5) is 30.8. The van der Waals surface area contributed by atoms with Crippen LogP contribution >= 0.6 is 22.9 Å². The lowest BCUT2D eigenvalue weighted by Crippen LogP contribution is -2.46. The van der Waals surface area contributed by atoms with Crippen molar-refractivity contribution >= 4 is 40.8 Å². The first-order chi connectivity index (χ1) is 16.8. The Kier molecular flexibility index (Phi) is 9.42. The maximum absolute atomic E-state index is 13.4. The second-order valence-corrected chi connectivity index (χ2v) is 12.6. The van der Waals surface area contributed by atoms with Gasteiger partial charge in [0.25, 0.3) is 0 Å². The zero-order valence-electron chi connectivity index (χ0n) is 22.1. The summed E-state index contributed by atoms with van der Waals surface area (Å²) in [6.45, 7) is 11.0. The van der Waals surface area contributed by atoms with Crippen LogP contribution in [0.5, 0.6) is 0 Å². The molecule has 0 aromatic carbocycles. The molecule has 2 unspecified atom stereocenters. The first-order valence-corrected chi connectivity index (χ1v) is 14.1. The van der Waals surface area contributed by atoms with E-state index in [1.807, 2.05) is 33.1 Å². The van der Waals surface area contributed by atoms with E-state index in [-0.39, 0.29) is 29.8 Å². The smallest absolute Gasteiger partial charge is 0.309 e. The van der Waals surface area contributed by atoms with Crippen molar-refractivity contribution in [3.05, 3.63) is 21.1 Å². The molecule has 7 nitrogen and oxygen atoms in total. The summed E-state index contributed by atoms with van der Waals surface area (Å²) in [5, 5.41) is 25.0. The van der Waals surface area contributed by atoms with E-state index in [0.29, 0.717) is 23.6 Å². The number of aliphatic hydroxyl groups excluding tert-OH is 2. The molecule has 202 valence electrons. The SMILES string of the molecule is CC[C@H]1C(=O)C(C)(C)[C@@H](O)CC(=O)O[C@H](C(Cl)=Cc2csc(C)n2)CC2OC2(C)CCC[C@H](C)[C@@H]1O. The lowest BCUT2D eigenvalue weighted by atomic mass is 9.71. The lowest BCUT2D eigenvalue weighted by molar-refractivity contribution is -0.154. The number of aromatic nitrogens is 1. The van der Waals surface area contributed by atoms with Crippen LogP contribution in [0.3, 0.4) is 0 Å². The normalized spacial score (nSPS) is 36.8. The number of fused-ring (bicyclic) bond motifs is 1. The van der Waals surface area contributed by atoms with Crippen molar-refractivity contribution in [1.82, 2.24) is 4.98 Å². The largest absolute Gasteiger partial charge is 0.456 e. The highest BCUT2D eigenvalue weighted by Gasteiger charge is 2.53. The number of nitrogens with zero attached hydrogens (tertiary/aromatic N) is 1. The third kappa shape index (κ3) is 6.76. The van der Waals surface area contributed by atoms with E-state index < -0.39 is 35.6 Å². The molecular formula is C27H40ClNO6S. The Morgan fingerprint density at radius 3 is 2.61 bits per heavy atom. The van der Waals surface area contributed by atoms with E-state index in [0.717, 1.165) is 24.3 Å². The standard InChI is InChI=1S/C27H40ClNO6S/c1-7-18-24(32)15(2)9-8-10-27(6)22(35-27)12-20(19(28)11-17-14-36-16(3)29-17)34-23(31)13-21(30)26(4,5)25(18)33/h11,14-15,18,20-22,24,30,32H,7-10,12-13H2,1-6H3/t15-,18+,20-,21-,22?,24-,27?/m0/s1. The minimum Gasteiger partial charge on any atom is -0.456 e. The van der Waals surface area contributed by atoms with Crippen LogP contribution in [0, 0.1) is 24.2 Å². The van der Waals surface area contributed by atoms with E-state index >= 15 is 0 Å². The van der Waals surface area contributed by atoms with Gasteiger partial charge in [0.2, 0.25) is 0 Å². The van der Waals surface area contributed by atoms with Crippen LogP contribution in [0.15, 0.2) is 10.4 Å².